The molecule has 0 saturated heterocycles. The van der Waals surface area contributed by atoms with Gasteiger partial charge >= 0.3 is 152 Å². The van der Waals surface area contributed by atoms with Gasteiger partial charge in [0.2, 0.25) is 0 Å². The number of carbonyl (C=O) groups excluding carboxylic acids is 2. The molecule has 0 aliphatic heterocycles. The number of hydrogen-bond acceptors (Lipinski definition) is 6. The Bertz CT molecular complexity index is 873. The van der Waals surface area contributed by atoms with Gasteiger partial charge in [-0.05, 0) is 22.0 Å². The monoisotopic (exact) mass is 642 g/mol. The number of halogens is 1. The average molecular weight is 642 g/mol. The quantitative estimate of drug-likeness (QED) is 0.193. The van der Waals surface area contributed by atoms with Crippen LogP contribution in [0.1, 0.15) is 80.0 Å². The van der Waals surface area contributed by atoms with Crippen LogP contribution in [0.2, 0.25) is 13.3 Å². The van der Waals surface area contributed by atoms with Gasteiger partial charge in [0, 0.05) is 16.9 Å². The van der Waals surface area contributed by atoms with Crippen molar-refractivity contribution >= 4 is 49.8 Å². The van der Waals surface area contributed by atoms with Crippen molar-refractivity contribution in [3.63, 3.8) is 0 Å². The van der Waals surface area contributed by atoms with Crippen LogP contribution in [0.3, 0.4) is 0 Å². The third-order valence-electron chi connectivity index (χ3n) is 5.92. The Morgan fingerprint density at radius 1 is 0.765 bits per heavy atom. The minimum Gasteiger partial charge on any atom is -0.465 e. The summed E-state index contributed by atoms with van der Waals surface area (Å²) in [6.07, 6.45) is 14.4. The number of nitrogens with zero attached hydrogens (tertiary/aromatic N) is 2. The van der Waals surface area contributed by atoms with Gasteiger partial charge in [-0.25, -0.2) is 4.79 Å². The number of ether oxygens (including phenoxy) is 2. The van der Waals surface area contributed by atoms with E-state index in [1.54, 1.807) is 18.5 Å². The number of carbonyl (C=O) groups is 2. The fraction of sp³-hybridized carbons (Fsp3) is 0.538. The topological polar surface area (TPSA) is 78.4 Å². The molecule has 2 rings (SSSR count). The minimum atomic E-state index is -2.49. The number of methoxy groups -OCH3 is 2. The molecule has 2 heterocycles. The summed E-state index contributed by atoms with van der Waals surface area (Å²) in [6, 6.07) is 3.76. The Balaban J connectivity index is 0.000000437. The second kappa shape index (κ2) is 17.0. The van der Waals surface area contributed by atoms with Crippen LogP contribution in [-0.4, -0.2) is 54.5 Å². The fourth-order valence-corrected chi connectivity index (χ4v) is 20.1. The van der Waals surface area contributed by atoms with E-state index in [0.29, 0.717) is 11.1 Å². The van der Waals surface area contributed by atoms with Crippen molar-refractivity contribution in [1.82, 2.24) is 9.97 Å². The molecular weight excluding hydrogens is 603 g/mol. The SMILES string of the molecule is CCC[CH2][Sn]([CH2]CCC)([CH2]CCC)[c]1cncc(C(=O)OC)c1.COC(=O)c1cncc(Br)c1. The molecule has 2 aromatic rings. The summed E-state index contributed by atoms with van der Waals surface area (Å²) in [7, 11) is 2.78. The van der Waals surface area contributed by atoms with E-state index >= 15 is 0 Å². The summed E-state index contributed by atoms with van der Waals surface area (Å²) in [5, 5.41) is 0. The molecule has 6 nitrogen and oxygen atoms in total. The molecular formula is C26H39BrN2O4Sn. The maximum atomic E-state index is 11.9. The van der Waals surface area contributed by atoms with E-state index in [0.717, 1.165) is 4.47 Å². The van der Waals surface area contributed by atoms with E-state index in [4.69, 9.17) is 4.74 Å². The molecule has 0 atom stereocenters. The van der Waals surface area contributed by atoms with Crippen molar-refractivity contribution in [3.8, 4) is 0 Å². The van der Waals surface area contributed by atoms with Crippen LogP contribution in [0.15, 0.2) is 41.4 Å². The Morgan fingerprint density at radius 2 is 1.21 bits per heavy atom. The number of unbranched alkanes of at least 4 members (excludes halogenated alkanes) is 3. The fourth-order valence-electron chi connectivity index (χ4n) is 3.95. The third kappa shape index (κ3) is 10.0. The standard InChI is InChI=1S/C7H6BrNO2.C7H6NO2.3C4H9.Sn/c1-11-7(10)5-2-6(8)4-9-3-5;1-10-7(9)6-3-2-4-8-5-6;3*1-3-4-2;/h2-4H,1H3;3-5H,1H3;3*1,3-4H2,2H3;. The first-order chi connectivity index (χ1) is 16.4. The number of hydrogen-bond donors (Lipinski definition) is 0. The van der Waals surface area contributed by atoms with Crippen LogP contribution in [0.5, 0.6) is 0 Å². The molecule has 0 aliphatic carbocycles. The van der Waals surface area contributed by atoms with Crippen LogP contribution in [0.25, 0.3) is 0 Å². The van der Waals surface area contributed by atoms with E-state index in [1.807, 2.05) is 0 Å². The largest absolute Gasteiger partial charge is 0.465 e. The molecule has 188 valence electrons. The molecule has 0 fully saturated rings. The van der Waals surface area contributed by atoms with Crippen molar-refractivity contribution in [1.29, 1.82) is 0 Å². The van der Waals surface area contributed by atoms with Crippen LogP contribution < -0.4 is 3.58 Å². The van der Waals surface area contributed by atoms with Crippen LogP contribution in [0, 0.1) is 0 Å². The summed E-state index contributed by atoms with van der Waals surface area (Å²) in [5.41, 5.74) is 1.07. The molecule has 0 radical (unpaired) electrons. The Hall–Kier alpha value is -1.48. The number of rotatable bonds is 12. The molecule has 0 unspecified atom stereocenters. The summed E-state index contributed by atoms with van der Waals surface area (Å²) < 4.78 is 15.7. The van der Waals surface area contributed by atoms with Crippen molar-refractivity contribution in [2.75, 3.05) is 14.2 Å². The zero-order valence-electron chi connectivity index (χ0n) is 21.2. The van der Waals surface area contributed by atoms with Gasteiger partial charge in [0.1, 0.15) is 0 Å². The molecule has 0 aromatic carbocycles. The van der Waals surface area contributed by atoms with E-state index < -0.39 is 18.4 Å². The number of pyridine rings is 2. The zero-order chi connectivity index (χ0) is 25.4. The number of esters is 2. The first kappa shape index (κ1) is 30.5. The summed E-state index contributed by atoms with van der Waals surface area (Å²) in [4.78, 5) is 31.0. The van der Waals surface area contributed by atoms with Gasteiger partial charge in [-0.15, -0.1) is 0 Å². The van der Waals surface area contributed by atoms with E-state index in [1.165, 1.54) is 75.8 Å². The summed E-state index contributed by atoms with van der Waals surface area (Å²) in [6.45, 7) is 6.83. The molecule has 0 saturated carbocycles. The van der Waals surface area contributed by atoms with Gasteiger partial charge < -0.3 is 4.74 Å². The molecule has 0 amide bonds. The second-order valence-electron chi connectivity index (χ2n) is 8.43. The van der Waals surface area contributed by atoms with Gasteiger partial charge in [-0.2, -0.15) is 0 Å². The van der Waals surface area contributed by atoms with E-state index in [2.05, 4.69) is 63.7 Å². The van der Waals surface area contributed by atoms with Crippen LogP contribution >= 0.6 is 15.9 Å². The van der Waals surface area contributed by atoms with E-state index in [-0.39, 0.29) is 11.9 Å². The Labute approximate surface area is 217 Å². The minimum absolute atomic E-state index is 0.263. The first-order valence-corrected chi connectivity index (χ1v) is 20.4. The maximum absolute atomic E-state index is 11.9. The zero-order valence-corrected chi connectivity index (χ0v) is 25.7. The second-order valence-corrected chi connectivity index (χ2v) is 22.6. The molecule has 0 spiro atoms. The maximum Gasteiger partial charge on any atom is 0.339 e. The molecule has 2 aromatic heterocycles. The molecule has 0 bridgehead atoms. The van der Waals surface area contributed by atoms with Gasteiger partial charge in [0.15, 0.2) is 0 Å². The predicted molar refractivity (Wildman–Crippen MR) is 143 cm³/mol. The molecule has 34 heavy (non-hydrogen) atoms. The Morgan fingerprint density at radius 3 is 1.62 bits per heavy atom. The van der Waals surface area contributed by atoms with Gasteiger partial charge in [-0.3, -0.25) is 4.98 Å². The van der Waals surface area contributed by atoms with Gasteiger partial charge in [0.05, 0.1) is 12.7 Å². The summed E-state index contributed by atoms with van der Waals surface area (Å²) >= 11 is 0.700. The van der Waals surface area contributed by atoms with Gasteiger partial charge in [-0.1, -0.05) is 0 Å². The van der Waals surface area contributed by atoms with Crippen molar-refractivity contribution < 1.29 is 19.1 Å². The normalized spacial score (nSPS) is 10.8. The third-order valence-corrected chi connectivity index (χ3v) is 21.9. The Kier molecular flexibility index (Phi) is 15.3. The van der Waals surface area contributed by atoms with Gasteiger partial charge in [0.25, 0.3) is 0 Å². The number of aromatic nitrogens is 2. The van der Waals surface area contributed by atoms with Crippen LogP contribution in [0.4, 0.5) is 0 Å². The molecule has 0 aliphatic rings. The summed E-state index contributed by atoms with van der Waals surface area (Å²) in [5.74, 6) is -0.639. The van der Waals surface area contributed by atoms with Crippen molar-refractivity contribution in [3.05, 3.63) is 52.5 Å². The van der Waals surface area contributed by atoms with E-state index in [9.17, 15) is 9.59 Å². The van der Waals surface area contributed by atoms with Crippen LogP contribution in [-0.2, 0) is 9.47 Å². The van der Waals surface area contributed by atoms with Crippen molar-refractivity contribution in [2.45, 2.75) is 72.6 Å². The smallest absolute Gasteiger partial charge is 0.339 e. The molecule has 0 N–H and O–H groups in total. The molecule has 8 heteroatoms. The predicted octanol–water partition coefficient (Wildman–Crippen LogP) is 6.56. The average Bonchev–Trinajstić information content (AvgIpc) is 2.88. The van der Waals surface area contributed by atoms with Crippen molar-refractivity contribution in [2.24, 2.45) is 0 Å². The first-order valence-electron chi connectivity index (χ1n) is 12.1.